The number of oxazole rings is 1. The molecule has 64 valence electrons. The Morgan fingerprint density at radius 3 is 2.55 bits per heavy atom. The fourth-order valence-electron chi connectivity index (χ4n) is 0.635. The van der Waals surface area contributed by atoms with Crippen molar-refractivity contribution < 1.29 is 4.42 Å². The van der Waals surface area contributed by atoms with E-state index in [2.05, 4.69) is 10.3 Å². The van der Waals surface area contributed by atoms with Crippen molar-refractivity contribution in [2.75, 3.05) is 7.05 Å². The topological polar surface area (TPSA) is 38.1 Å². The zero-order valence-electron chi connectivity index (χ0n) is 7.64. The van der Waals surface area contributed by atoms with E-state index in [1.54, 1.807) is 6.26 Å². The smallest absolute Gasteiger partial charge is 0.208 e. The molecule has 0 fully saturated rings. The van der Waals surface area contributed by atoms with E-state index < -0.39 is 0 Å². The molecule has 0 aliphatic rings. The van der Waals surface area contributed by atoms with Crippen molar-refractivity contribution in [2.24, 2.45) is 0 Å². The molecule has 0 atom stereocenters. The molecule has 3 heteroatoms. The Hall–Kier alpha value is -0.830. The van der Waals surface area contributed by atoms with Gasteiger partial charge in [-0.15, -0.1) is 0 Å². The van der Waals surface area contributed by atoms with E-state index >= 15 is 0 Å². The number of aromatic nitrogens is 1. The van der Waals surface area contributed by atoms with Crippen LogP contribution in [0.2, 0.25) is 0 Å². The monoisotopic (exact) mass is 156 g/mol. The number of hydrogen-bond acceptors (Lipinski definition) is 3. The van der Waals surface area contributed by atoms with Crippen LogP contribution in [0.25, 0.3) is 0 Å². The minimum atomic E-state index is 0.702. The summed E-state index contributed by atoms with van der Waals surface area (Å²) in [5.74, 6) is 0.745. The van der Waals surface area contributed by atoms with Crippen LogP contribution in [0.4, 0.5) is 0 Å². The predicted octanol–water partition coefficient (Wildman–Crippen LogP) is 1.73. The van der Waals surface area contributed by atoms with Gasteiger partial charge in [-0.3, -0.25) is 0 Å². The quantitative estimate of drug-likeness (QED) is 0.708. The molecule has 0 amide bonds. The van der Waals surface area contributed by atoms with Gasteiger partial charge in [-0.25, -0.2) is 4.98 Å². The van der Waals surface area contributed by atoms with Gasteiger partial charge in [0, 0.05) is 0 Å². The zero-order chi connectivity index (χ0) is 8.69. The van der Waals surface area contributed by atoms with Gasteiger partial charge in [0.05, 0.1) is 12.2 Å². The average molecular weight is 156 g/mol. The summed E-state index contributed by atoms with van der Waals surface area (Å²) in [6.45, 7) is 6.61. The molecule has 0 radical (unpaired) electrons. The molecule has 0 unspecified atom stereocenters. The second-order valence-electron chi connectivity index (χ2n) is 1.91. The molecule has 3 nitrogen and oxygen atoms in total. The Morgan fingerprint density at radius 2 is 2.18 bits per heavy atom. The summed E-state index contributed by atoms with van der Waals surface area (Å²) in [4.78, 5) is 4.07. The predicted molar refractivity (Wildman–Crippen MR) is 45.4 cm³/mol. The summed E-state index contributed by atoms with van der Waals surface area (Å²) in [5, 5.41) is 2.94. The molecule has 0 spiro atoms. The Balaban J connectivity index is 0.000000461. The molecular weight excluding hydrogens is 140 g/mol. The summed E-state index contributed by atoms with van der Waals surface area (Å²) in [5.41, 5.74) is 0.931. The fourth-order valence-corrected chi connectivity index (χ4v) is 0.635. The molecule has 1 aromatic rings. The van der Waals surface area contributed by atoms with Crippen LogP contribution in [0.3, 0.4) is 0 Å². The standard InChI is InChI=1S/C6H10N2O.C2H6/c1-5-4-9-6(8-5)3-7-2;1-2/h4,7H,3H2,1-2H3;1-2H3. The van der Waals surface area contributed by atoms with Gasteiger partial charge >= 0.3 is 0 Å². The van der Waals surface area contributed by atoms with Gasteiger partial charge < -0.3 is 9.73 Å². The normalized spacial score (nSPS) is 8.73. The van der Waals surface area contributed by atoms with Crippen LogP contribution >= 0.6 is 0 Å². The number of hydrogen-bond donors (Lipinski definition) is 1. The molecule has 0 saturated carbocycles. The van der Waals surface area contributed by atoms with Crippen molar-refractivity contribution >= 4 is 0 Å². The van der Waals surface area contributed by atoms with Crippen LogP contribution in [-0.2, 0) is 6.54 Å². The molecule has 0 aromatic carbocycles. The maximum Gasteiger partial charge on any atom is 0.208 e. The number of nitrogens with one attached hydrogen (secondary N) is 1. The highest BCUT2D eigenvalue weighted by atomic mass is 16.3. The number of aryl methyl sites for hydroxylation is 1. The van der Waals surface area contributed by atoms with Gasteiger partial charge in [-0.05, 0) is 14.0 Å². The molecule has 1 N–H and O–H groups in total. The van der Waals surface area contributed by atoms with E-state index in [0.29, 0.717) is 6.54 Å². The van der Waals surface area contributed by atoms with Gasteiger partial charge in [0.2, 0.25) is 5.89 Å². The first-order chi connectivity index (χ1) is 5.33. The molecule has 1 rings (SSSR count). The lowest BCUT2D eigenvalue weighted by atomic mass is 10.6. The third kappa shape index (κ3) is 3.78. The van der Waals surface area contributed by atoms with Crippen LogP contribution in [0.15, 0.2) is 10.7 Å². The summed E-state index contributed by atoms with van der Waals surface area (Å²) >= 11 is 0. The summed E-state index contributed by atoms with van der Waals surface area (Å²) in [7, 11) is 1.86. The minimum Gasteiger partial charge on any atom is -0.447 e. The van der Waals surface area contributed by atoms with Gasteiger partial charge in [0.1, 0.15) is 6.26 Å². The molecular formula is C8H16N2O. The maximum absolute atomic E-state index is 5.03. The SMILES string of the molecule is CC.CNCc1nc(C)co1. The second kappa shape index (κ2) is 5.92. The molecule has 0 aliphatic carbocycles. The van der Waals surface area contributed by atoms with Gasteiger partial charge in [0.25, 0.3) is 0 Å². The first-order valence-corrected chi connectivity index (χ1v) is 3.88. The van der Waals surface area contributed by atoms with Crippen molar-refractivity contribution in [3.63, 3.8) is 0 Å². The average Bonchev–Trinajstić information content (AvgIpc) is 2.41. The highest BCUT2D eigenvalue weighted by Crippen LogP contribution is 1.98. The van der Waals surface area contributed by atoms with Gasteiger partial charge in [-0.2, -0.15) is 0 Å². The van der Waals surface area contributed by atoms with Crippen molar-refractivity contribution in [2.45, 2.75) is 27.3 Å². The lowest BCUT2D eigenvalue weighted by Crippen LogP contribution is -2.04. The van der Waals surface area contributed by atoms with E-state index in [-0.39, 0.29) is 0 Å². The van der Waals surface area contributed by atoms with Crippen LogP contribution in [-0.4, -0.2) is 12.0 Å². The van der Waals surface area contributed by atoms with Crippen LogP contribution in [0.5, 0.6) is 0 Å². The van der Waals surface area contributed by atoms with Crippen molar-refractivity contribution in [1.29, 1.82) is 0 Å². The Labute approximate surface area is 67.8 Å². The Morgan fingerprint density at radius 1 is 1.55 bits per heavy atom. The molecule has 1 aromatic heterocycles. The van der Waals surface area contributed by atoms with Gasteiger partial charge in [0.15, 0.2) is 0 Å². The van der Waals surface area contributed by atoms with Crippen LogP contribution in [0.1, 0.15) is 25.4 Å². The molecule has 0 saturated heterocycles. The molecule has 0 bridgehead atoms. The Kier molecular flexibility index (Phi) is 5.47. The van der Waals surface area contributed by atoms with E-state index in [1.807, 2.05) is 27.8 Å². The third-order valence-electron chi connectivity index (χ3n) is 0.995. The van der Waals surface area contributed by atoms with E-state index in [1.165, 1.54) is 0 Å². The van der Waals surface area contributed by atoms with E-state index in [0.717, 1.165) is 11.6 Å². The van der Waals surface area contributed by atoms with E-state index in [9.17, 15) is 0 Å². The van der Waals surface area contributed by atoms with Crippen molar-refractivity contribution in [3.05, 3.63) is 17.8 Å². The number of rotatable bonds is 2. The lowest BCUT2D eigenvalue weighted by Gasteiger charge is -1.87. The number of nitrogens with zero attached hydrogens (tertiary/aromatic N) is 1. The highest BCUT2D eigenvalue weighted by Gasteiger charge is 1.95. The first kappa shape index (κ1) is 10.2. The largest absolute Gasteiger partial charge is 0.447 e. The van der Waals surface area contributed by atoms with Crippen LogP contribution in [0, 0.1) is 6.92 Å². The summed E-state index contributed by atoms with van der Waals surface area (Å²) < 4.78 is 5.03. The fraction of sp³-hybridized carbons (Fsp3) is 0.625. The second-order valence-corrected chi connectivity index (χ2v) is 1.91. The van der Waals surface area contributed by atoms with Crippen LogP contribution < -0.4 is 5.32 Å². The molecule has 1 heterocycles. The molecule has 0 aliphatic heterocycles. The molecule has 11 heavy (non-hydrogen) atoms. The summed E-state index contributed by atoms with van der Waals surface area (Å²) in [6, 6.07) is 0. The maximum atomic E-state index is 5.03. The Bertz CT molecular complexity index is 184. The van der Waals surface area contributed by atoms with E-state index in [4.69, 9.17) is 4.42 Å². The zero-order valence-corrected chi connectivity index (χ0v) is 7.64. The summed E-state index contributed by atoms with van der Waals surface area (Å²) in [6.07, 6.45) is 1.65. The first-order valence-electron chi connectivity index (χ1n) is 3.88. The minimum absolute atomic E-state index is 0.702. The van der Waals surface area contributed by atoms with Crippen molar-refractivity contribution in [3.8, 4) is 0 Å². The lowest BCUT2D eigenvalue weighted by molar-refractivity contribution is 0.480. The van der Waals surface area contributed by atoms with Crippen molar-refractivity contribution in [1.82, 2.24) is 10.3 Å². The highest BCUT2D eigenvalue weighted by molar-refractivity contribution is 4.91. The third-order valence-corrected chi connectivity index (χ3v) is 0.995. The van der Waals surface area contributed by atoms with Gasteiger partial charge in [-0.1, -0.05) is 13.8 Å².